The van der Waals surface area contributed by atoms with Crippen LogP contribution >= 0.6 is 11.8 Å². The minimum absolute atomic E-state index is 0.435. The molecular weight excluding hydrogens is 257 g/mol. The van der Waals surface area contributed by atoms with Crippen LogP contribution in [-0.2, 0) is 11.3 Å². The van der Waals surface area contributed by atoms with Crippen molar-refractivity contribution in [1.29, 1.82) is 5.26 Å². The van der Waals surface area contributed by atoms with Crippen molar-refractivity contribution in [2.45, 2.75) is 16.4 Å². The average molecular weight is 267 g/mol. The summed E-state index contributed by atoms with van der Waals surface area (Å²) in [5.41, 5.74) is 2.46. The van der Waals surface area contributed by atoms with E-state index in [2.05, 4.69) is 6.07 Å². The highest BCUT2D eigenvalue weighted by atomic mass is 32.2. The fourth-order valence-corrected chi connectivity index (χ4v) is 3.20. The highest BCUT2D eigenvalue weighted by Crippen LogP contribution is 2.31. The van der Waals surface area contributed by atoms with E-state index in [4.69, 9.17) is 9.92 Å². The third kappa shape index (κ3) is 2.26. The summed E-state index contributed by atoms with van der Waals surface area (Å²) >= 11 is 1.49. The lowest BCUT2D eigenvalue weighted by molar-refractivity contribution is 0.275. The molecule has 0 atom stereocenters. The Morgan fingerprint density at radius 1 is 1.16 bits per heavy atom. The molecule has 0 saturated heterocycles. The Balaban J connectivity index is 2.01. The van der Waals surface area contributed by atoms with E-state index in [1.807, 2.05) is 36.4 Å². The first-order chi connectivity index (χ1) is 9.29. The lowest BCUT2D eigenvalue weighted by Gasteiger charge is -2.08. The molecule has 3 nitrogen and oxygen atoms in total. The SMILES string of the molecule is N#Cc1ccccc1Sc1cccc2c1B(O)OC2. The predicted octanol–water partition coefficient (Wildman–Crippen LogP) is 1.93. The zero-order chi connectivity index (χ0) is 13.2. The number of nitrogens with zero attached hydrogens (tertiary/aromatic N) is 1. The van der Waals surface area contributed by atoms with Gasteiger partial charge in [0.25, 0.3) is 0 Å². The molecule has 0 amide bonds. The third-order valence-electron chi connectivity index (χ3n) is 3.03. The van der Waals surface area contributed by atoms with Crippen molar-refractivity contribution in [2.24, 2.45) is 0 Å². The largest absolute Gasteiger partial charge is 0.492 e. The van der Waals surface area contributed by atoms with Crippen LogP contribution in [0.2, 0.25) is 0 Å². The fourth-order valence-electron chi connectivity index (χ4n) is 2.10. The van der Waals surface area contributed by atoms with Crippen molar-refractivity contribution in [1.82, 2.24) is 0 Å². The molecule has 1 N–H and O–H groups in total. The van der Waals surface area contributed by atoms with Crippen LogP contribution in [0.3, 0.4) is 0 Å². The zero-order valence-corrected chi connectivity index (χ0v) is 10.9. The number of benzene rings is 2. The van der Waals surface area contributed by atoms with Gasteiger partial charge in [0.15, 0.2) is 0 Å². The topological polar surface area (TPSA) is 53.2 Å². The second-order valence-corrected chi connectivity index (χ2v) is 5.29. The molecule has 1 aliphatic rings. The fraction of sp³-hybridized carbons (Fsp3) is 0.0714. The van der Waals surface area contributed by atoms with Crippen LogP contribution in [0.25, 0.3) is 0 Å². The van der Waals surface area contributed by atoms with E-state index in [0.717, 1.165) is 20.8 Å². The first-order valence-electron chi connectivity index (χ1n) is 5.88. The average Bonchev–Trinajstić information content (AvgIpc) is 2.82. The summed E-state index contributed by atoms with van der Waals surface area (Å²) < 4.78 is 5.24. The van der Waals surface area contributed by atoms with Gasteiger partial charge in [-0.25, -0.2) is 0 Å². The number of hydrogen-bond donors (Lipinski definition) is 1. The van der Waals surface area contributed by atoms with Crippen molar-refractivity contribution < 1.29 is 9.68 Å². The van der Waals surface area contributed by atoms with Crippen LogP contribution in [-0.4, -0.2) is 12.1 Å². The minimum atomic E-state index is -0.868. The molecule has 2 aromatic rings. The molecule has 1 heterocycles. The molecule has 3 rings (SSSR count). The second-order valence-electron chi connectivity index (χ2n) is 4.20. The van der Waals surface area contributed by atoms with Gasteiger partial charge in [0.1, 0.15) is 6.07 Å². The van der Waals surface area contributed by atoms with Crippen molar-refractivity contribution in [3.05, 3.63) is 53.6 Å². The molecule has 1 aliphatic heterocycles. The quantitative estimate of drug-likeness (QED) is 0.845. The second kappa shape index (κ2) is 5.10. The van der Waals surface area contributed by atoms with E-state index in [-0.39, 0.29) is 0 Å². The summed E-state index contributed by atoms with van der Waals surface area (Å²) in [4.78, 5) is 1.82. The highest BCUT2D eigenvalue weighted by molar-refractivity contribution is 7.99. The lowest BCUT2D eigenvalue weighted by Crippen LogP contribution is -2.29. The molecule has 2 aromatic carbocycles. The van der Waals surface area contributed by atoms with Gasteiger partial charge < -0.3 is 9.68 Å². The molecule has 0 saturated carbocycles. The van der Waals surface area contributed by atoms with Gasteiger partial charge in [0.2, 0.25) is 0 Å². The van der Waals surface area contributed by atoms with E-state index in [1.54, 1.807) is 6.07 Å². The van der Waals surface area contributed by atoms with E-state index < -0.39 is 7.12 Å². The molecular formula is C14H10BNO2S. The van der Waals surface area contributed by atoms with Gasteiger partial charge in [0, 0.05) is 15.3 Å². The van der Waals surface area contributed by atoms with E-state index >= 15 is 0 Å². The molecule has 0 aliphatic carbocycles. The van der Waals surface area contributed by atoms with Gasteiger partial charge in [-0.3, -0.25) is 0 Å². The van der Waals surface area contributed by atoms with Crippen molar-refractivity contribution in [2.75, 3.05) is 0 Å². The zero-order valence-electron chi connectivity index (χ0n) is 10.0. The lowest BCUT2D eigenvalue weighted by atomic mass is 9.79. The van der Waals surface area contributed by atoms with Gasteiger partial charge in [-0.05, 0) is 23.8 Å². The van der Waals surface area contributed by atoms with Crippen LogP contribution in [0.1, 0.15) is 11.1 Å². The summed E-state index contributed by atoms with van der Waals surface area (Å²) in [7, 11) is -0.868. The Labute approximate surface area is 116 Å². The first kappa shape index (κ1) is 12.3. The Morgan fingerprint density at radius 3 is 2.79 bits per heavy atom. The summed E-state index contributed by atoms with van der Waals surface area (Å²) in [5.74, 6) is 0. The maximum absolute atomic E-state index is 9.87. The van der Waals surface area contributed by atoms with Crippen LogP contribution in [0, 0.1) is 11.3 Å². The molecule has 5 heteroatoms. The predicted molar refractivity (Wildman–Crippen MR) is 74.1 cm³/mol. The molecule has 0 radical (unpaired) electrons. The molecule has 0 fully saturated rings. The van der Waals surface area contributed by atoms with E-state index in [9.17, 15) is 5.02 Å². The molecule has 0 unspecified atom stereocenters. The molecule has 19 heavy (non-hydrogen) atoms. The summed E-state index contributed by atoms with van der Waals surface area (Å²) in [6.07, 6.45) is 0. The number of fused-ring (bicyclic) bond motifs is 1. The first-order valence-corrected chi connectivity index (χ1v) is 6.69. The van der Waals surface area contributed by atoms with Crippen molar-refractivity contribution in [3.63, 3.8) is 0 Å². The monoisotopic (exact) mass is 267 g/mol. The normalized spacial score (nSPS) is 13.2. The molecule has 0 aromatic heterocycles. The third-order valence-corrected chi connectivity index (χ3v) is 4.18. The van der Waals surface area contributed by atoms with Gasteiger partial charge in [0.05, 0.1) is 12.2 Å². The highest BCUT2D eigenvalue weighted by Gasteiger charge is 2.30. The van der Waals surface area contributed by atoms with Crippen LogP contribution < -0.4 is 5.46 Å². The Morgan fingerprint density at radius 2 is 1.95 bits per heavy atom. The van der Waals surface area contributed by atoms with Crippen LogP contribution in [0.4, 0.5) is 0 Å². The van der Waals surface area contributed by atoms with Gasteiger partial charge in [-0.1, -0.05) is 36.0 Å². The molecule has 92 valence electrons. The van der Waals surface area contributed by atoms with Gasteiger partial charge in [-0.15, -0.1) is 0 Å². The van der Waals surface area contributed by atoms with Gasteiger partial charge in [-0.2, -0.15) is 5.26 Å². The van der Waals surface area contributed by atoms with E-state index in [1.165, 1.54) is 11.8 Å². The Hall–Kier alpha value is -1.74. The van der Waals surface area contributed by atoms with Crippen molar-refractivity contribution in [3.8, 4) is 6.07 Å². The van der Waals surface area contributed by atoms with Crippen LogP contribution in [0.5, 0.6) is 0 Å². The summed E-state index contributed by atoms with van der Waals surface area (Å²) in [6, 6.07) is 15.5. The standard InChI is InChI=1S/C14H10BNO2S/c16-8-10-4-1-2-6-12(10)19-13-7-3-5-11-9-18-15(17)14(11)13/h1-7,17H,9H2. The Bertz CT molecular complexity index is 669. The Kier molecular flexibility index (Phi) is 3.30. The maximum atomic E-state index is 9.87. The minimum Gasteiger partial charge on any atom is -0.423 e. The van der Waals surface area contributed by atoms with Crippen LogP contribution in [0.15, 0.2) is 52.3 Å². The number of rotatable bonds is 2. The maximum Gasteiger partial charge on any atom is 0.492 e. The summed E-state index contributed by atoms with van der Waals surface area (Å²) in [5, 5.41) is 19.0. The molecule has 0 bridgehead atoms. The summed E-state index contributed by atoms with van der Waals surface area (Å²) in [6.45, 7) is 0.435. The number of nitriles is 1. The van der Waals surface area contributed by atoms with Crippen molar-refractivity contribution >= 4 is 24.3 Å². The smallest absolute Gasteiger partial charge is 0.423 e. The van der Waals surface area contributed by atoms with Gasteiger partial charge >= 0.3 is 7.12 Å². The molecule has 0 spiro atoms. The number of hydrogen-bond acceptors (Lipinski definition) is 4. The van der Waals surface area contributed by atoms with E-state index in [0.29, 0.717) is 12.2 Å².